The highest BCUT2D eigenvalue weighted by Crippen LogP contribution is 2.48. The summed E-state index contributed by atoms with van der Waals surface area (Å²) in [6.07, 6.45) is 0.686. The number of anilines is 2. The van der Waals surface area contributed by atoms with Gasteiger partial charge in [0.05, 0.1) is 38.9 Å². The average molecular weight is 919 g/mol. The van der Waals surface area contributed by atoms with E-state index in [1.807, 2.05) is 36.4 Å². The van der Waals surface area contributed by atoms with Crippen LogP contribution in [0.3, 0.4) is 0 Å². The van der Waals surface area contributed by atoms with Crippen LogP contribution in [-0.4, -0.2) is 113 Å². The molecule has 2 fully saturated rings. The van der Waals surface area contributed by atoms with Crippen molar-refractivity contribution in [1.29, 1.82) is 0 Å². The minimum atomic E-state index is -4.60. The van der Waals surface area contributed by atoms with Crippen LogP contribution in [0.25, 0.3) is 23.3 Å². The Hall–Kier alpha value is -5.33. The molecule has 0 saturated carbocycles. The van der Waals surface area contributed by atoms with Crippen LogP contribution in [0.5, 0.6) is 11.5 Å². The summed E-state index contributed by atoms with van der Waals surface area (Å²) in [4.78, 5) is 58.8. The lowest BCUT2D eigenvalue weighted by molar-refractivity contribution is -0.0465. The van der Waals surface area contributed by atoms with Crippen molar-refractivity contribution in [1.82, 2.24) is 29.1 Å². The molecule has 63 heavy (non-hydrogen) atoms. The van der Waals surface area contributed by atoms with Crippen molar-refractivity contribution in [2.45, 2.75) is 49.7 Å². The number of nitrogens with zero attached hydrogens (tertiary/aromatic N) is 5. The van der Waals surface area contributed by atoms with Crippen LogP contribution in [-0.2, 0) is 36.7 Å². The van der Waals surface area contributed by atoms with Gasteiger partial charge in [0.1, 0.15) is 61.3 Å². The van der Waals surface area contributed by atoms with E-state index >= 15 is 0 Å². The van der Waals surface area contributed by atoms with Crippen LogP contribution in [0, 0.1) is 0 Å². The smallest absolute Gasteiger partial charge is 0.472 e. The van der Waals surface area contributed by atoms with Gasteiger partial charge in [-0.15, -0.1) is 0 Å². The van der Waals surface area contributed by atoms with E-state index < -0.39 is 77.0 Å². The Bertz CT molecular complexity index is 2590. The summed E-state index contributed by atoms with van der Waals surface area (Å²) in [5.41, 5.74) is 11.9. The maximum atomic E-state index is 12.6. The number of nitrogens with one attached hydrogen (secondary N) is 1. The number of aliphatic hydroxyl groups excluding tert-OH is 2. The Morgan fingerprint density at radius 3 is 2.02 bits per heavy atom. The van der Waals surface area contributed by atoms with Crippen molar-refractivity contribution in [2.24, 2.45) is 0 Å². The number of ether oxygens (including phenoxy) is 4. The third-order valence-corrected chi connectivity index (χ3v) is 11.6. The van der Waals surface area contributed by atoms with Crippen LogP contribution in [0.4, 0.5) is 11.8 Å². The maximum Gasteiger partial charge on any atom is 0.472 e. The van der Waals surface area contributed by atoms with Crippen molar-refractivity contribution in [3.8, 4) is 11.5 Å². The number of aromatic nitrogens is 6. The molecule has 24 nitrogen and oxygen atoms in total. The van der Waals surface area contributed by atoms with E-state index in [9.17, 15) is 38.7 Å². The third kappa shape index (κ3) is 12.0. The van der Waals surface area contributed by atoms with Gasteiger partial charge in [0, 0.05) is 19.0 Å². The lowest BCUT2D eigenvalue weighted by atomic mass is 10.1. The number of nitrogens with two attached hydrogens (primary N) is 2. The van der Waals surface area contributed by atoms with Gasteiger partial charge in [0.2, 0.25) is 5.95 Å². The van der Waals surface area contributed by atoms with E-state index in [0.29, 0.717) is 11.5 Å². The molecule has 9 N–H and O–H groups in total. The topological polar surface area (TPSA) is 339 Å². The van der Waals surface area contributed by atoms with Crippen LogP contribution < -0.4 is 32.2 Å². The standard InChI is InChI=1S/C37H44N8O16P2/c38-30-11-12-44(37(49)41-30)32-18-27(28(19-46)59-32)61-63(52,53)57-16-14-55-25-9-5-23(6-10-25)2-1-22-3-7-24(8-4-22)54-13-15-56-62(50,51)58-20-29-26(47)17-31(60-29)45-21-40-33-34(45)42-36(39)43-35(33)48/h1-12,21,26-29,31-32,46-47H,13-20H2,(H,50,51)(H,52,53)(H2,38,41,49)(H3,39,42,43,48)/b2-1+/t26-,27-,28+,29+,31+,32+/m0/s1. The molecule has 0 radical (unpaired) electrons. The lowest BCUT2D eigenvalue weighted by Gasteiger charge is -2.19. The summed E-state index contributed by atoms with van der Waals surface area (Å²) < 4.78 is 70.7. The monoisotopic (exact) mass is 918 g/mol. The van der Waals surface area contributed by atoms with Crippen LogP contribution in [0.1, 0.15) is 36.4 Å². The zero-order valence-electron chi connectivity index (χ0n) is 33.1. The summed E-state index contributed by atoms with van der Waals surface area (Å²) in [5, 5.41) is 20.2. The van der Waals surface area contributed by atoms with Gasteiger partial charge in [-0.05, 0) is 41.5 Å². The second-order valence-corrected chi connectivity index (χ2v) is 16.9. The van der Waals surface area contributed by atoms with Crippen LogP contribution >= 0.6 is 15.6 Å². The molecule has 2 saturated heterocycles. The number of benzene rings is 2. The Morgan fingerprint density at radius 1 is 0.794 bits per heavy atom. The highest BCUT2D eigenvalue weighted by atomic mass is 31.2. The van der Waals surface area contributed by atoms with Gasteiger partial charge in [-0.3, -0.25) is 37.0 Å². The Morgan fingerprint density at radius 2 is 1.40 bits per heavy atom. The highest BCUT2D eigenvalue weighted by molar-refractivity contribution is 7.47. The van der Waals surface area contributed by atoms with Crippen molar-refractivity contribution in [3.05, 3.63) is 99.1 Å². The van der Waals surface area contributed by atoms with Crippen molar-refractivity contribution in [2.75, 3.05) is 51.1 Å². The molecule has 2 aliphatic heterocycles. The lowest BCUT2D eigenvalue weighted by Crippen LogP contribution is -2.28. The average Bonchev–Trinajstić information content (AvgIpc) is 3.96. The van der Waals surface area contributed by atoms with Gasteiger partial charge in [0.25, 0.3) is 5.56 Å². The molecule has 0 amide bonds. The SMILES string of the molecule is Nc1ccn([C@H]2C[C@H](OP(=O)(O)OCCOc3ccc(/C=C/c4ccc(OCCOP(=O)(O)OC[C@H]5O[C@@H](n6cnc7c(=O)[nH]c(N)nc76)C[C@@H]5O)cc4)cc3)[C@@H](CO)O2)c(=O)n1. The molecule has 0 spiro atoms. The predicted octanol–water partition coefficient (Wildman–Crippen LogP) is 1.73. The number of phosphoric ester groups is 2. The molecule has 338 valence electrons. The van der Waals surface area contributed by atoms with E-state index in [2.05, 4.69) is 19.9 Å². The molecule has 2 aliphatic rings. The normalized spacial score (nSPS) is 23.2. The fraction of sp³-hybridized carbons (Fsp3) is 0.378. The molecule has 5 aromatic rings. The van der Waals surface area contributed by atoms with Gasteiger partial charge < -0.3 is 50.4 Å². The first kappa shape index (κ1) is 45.7. The number of aromatic amines is 1. The van der Waals surface area contributed by atoms with Gasteiger partial charge in [0.15, 0.2) is 11.2 Å². The molecule has 8 atom stereocenters. The Balaban J connectivity index is 0.778. The molecule has 0 bridgehead atoms. The molecule has 5 heterocycles. The summed E-state index contributed by atoms with van der Waals surface area (Å²) in [7, 11) is -9.14. The molecule has 26 heteroatoms. The maximum absolute atomic E-state index is 12.6. The van der Waals surface area contributed by atoms with Gasteiger partial charge in [-0.2, -0.15) is 9.97 Å². The van der Waals surface area contributed by atoms with Crippen molar-refractivity contribution >= 4 is 50.7 Å². The summed E-state index contributed by atoms with van der Waals surface area (Å²) in [5.74, 6) is 0.871. The summed E-state index contributed by atoms with van der Waals surface area (Å²) >= 11 is 0. The zero-order valence-corrected chi connectivity index (χ0v) is 34.9. The quantitative estimate of drug-likeness (QED) is 0.0332. The van der Waals surface area contributed by atoms with Crippen LogP contribution in [0.15, 0.2) is 76.7 Å². The molecule has 2 unspecified atom stereocenters. The largest absolute Gasteiger partial charge is 0.491 e. The fourth-order valence-corrected chi connectivity index (χ4v) is 8.20. The first-order chi connectivity index (χ1) is 30.1. The molecule has 2 aromatic carbocycles. The van der Waals surface area contributed by atoms with E-state index in [4.69, 9.17) is 48.5 Å². The summed E-state index contributed by atoms with van der Waals surface area (Å²) in [6, 6.07) is 15.5. The van der Waals surface area contributed by atoms with Crippen molar-refractivity contribution < 1.29 is 66.2 Å². The van der Waals surface area contributed by atoms with Crippen LogP contribution in [0.2, 0.25) is 0 Å². The molecular weight excluding hydrogens is 874 g/mol. The molecule has 3 aromatic heterocycles. The molecule has 0 aliphatic carbocycles. The molecular formula is C37H44N8O16P2. The van der Waals surface area contributed by atoms with E-state index in [1.54, 1.807) is 24.3 Å². The third-order valence-electron chi connectivity index (χ3n) is 9.60. The van der Waals surface area contributed by atoms with Gasteiger partial charge in [-0.25, -0.2) is 18.9 Å². The Labute approximate surface area is 356 Å². The number of fused-ring (bicyclic) bond motifs is 1. The fourth-order valence-electron chi connectivity index (χ4n) is 6.55. The van der Waals surface area contributed by atoms with Gasteiger partial charge >= 0.3 is 21.3 Å². The number of hydrogen-bond donors (Lipinski definition) is 7. The van der Waals surface area contributed by atoms with E-state index in [-0.39, 0.29) is 62.2 Å². The number of imidazole rings is 1. The second-order valence-electron chi connectivity index (χ2n) is 14.0. The number of hydrogen-bond acceptors (Lipinski definition) is 19. The second kappa shape index (κ2) is 20.0. The molecule has 7 rings (SSSR count). The van der Waals surface area contributed by atoms with E-state index in [0.717, 1.165) is 15.7 Å². The first-order valence-corrected chi connectivity index (χ1v) is 22.2. The summed E-state index contributed by atoms with van der Waals surface area (Å²) in [6.45, 7) is -1.72. The number of aliphatic hydroxyl groups is 2. The minimum Gasteiger partial charge on any atom is -0.491 e. The number of nitrogen functional groups attached to an aromatic ring is 2. The van der Waals surface area contributed by atoms with E-state index in [1.165, 1.54) is 23.2 Å². The number of H-pyrrole nitrogens is 1. The number of phosphoric acid groups is 2. The zero-order chi connectivity index (χ0) is 44.7. The Kier molecular flexibility index (Phi) is 14.5. The minimum absolute atomic E-state index is 0.0228. The predicted molar refractivity (Wildman–Crippen MR) is 221 cm³/mol. The number of rotatable bonds is 20. The first-order valence-electron chi connectivity index (χ1n) is 19.2. The van der Waals surface area contributed by atoms with Crippen molar-refractivity contribution in [3.63, 3.8) is 0 Å². The van der Waals surface area contributed by atoms with Gasteiger partial charge in [-0.1, -0.05) is 36.4 Å². The highest BCUT2D eigenvalue weighted by Gasteiger charge is 2.42.